The average Bonchev–Trinajstić information content (AvgIpc) is 2.48. The predicted molar refractivity (Wildman–Crippen MR) is 73.5 cm³/mol. The quantitative estimate of drug-likeness (QED) is 0.646. The van der Waals surface area contributed by atoms with Crippen LogP contribution < -0.4 is 4.74 Å². The van der Waals surface area contributed by atoms with Crippen LogP contribution in [0.4, 0.5) is 5.69 Å². The molecule has 0 fully saturated rings. The van der Waals surface area contributed by atoms with E-state index in [-0.39, 0.29) is 23.6 Å². The third-order valence-corrected chi connectivity index (χ3v) is 2.78. The number of carboxylic acid groups (broad SMARTS) is 1. The van der Waals surface area contributed by atoms with E-state index >= 15 is 0 Å². The van der Waals surface area contributed by atoms with Gasteiger partial charge in [-0.2, -0.15) is 0 Å². The van der Waals surface area contributed by atoms with Crippen LogP contribution in [0.3, 0.4) is 0 Å². The maximum atomic E-state index is 11.1. The standard InChI is InChI=1S/C14H12N2O5/c17-14(18)11-4-1-5-12(16(19)20)13(11)21-8-6-10-3-2-7-15-9-10/h1-5,7,9H,6,8H2,(H,17,18). The van der Waals surface area contributed by atoms with Crippen molar-refractivity contribution in [3.8, 4) is 5.75 Å². The van der Waals surface area contributed by atoms with E-state index in [4.69, 9.17) is 9.84 Å². The van der Waals surface area contributed by atoms with Crippen molar-refractivity contribution in [2.75, 3.05) is 6.61 Å². The summed E-state index contributed by atoms with van der Waals surface area (Å²) in [5, 5.41) is 20.0. The second-order valence-electron chi connectivity index (χ2n) is 4.18. The number of aromatic nitrogens is 1. The number of carbonyl (C=O) groups is 1. The molecule has 0 amide bonds. The number of hydrogen-bond donors (Lipinski definition) is 1. The zero-order valence-electron chi connectivity index (χ0n) is 10.9. The first-order valence-electron chi connectivity index (χ1n) is 6.12. The summed E-state index contributed by atoms with van der Waals surface area (Å²) < 4.78 is 5.34. The van der Waals surface area contributed by atoms with E-state index in [1.165, 1.54) is 18.2 Å². The van der Waals surface area contributed by atoms with Crippen LogP contribution in [0, 0.1) is 10.1 Å². The van der Waals surface area contributed by atoms with Gasteiger partial charge in [0.05, 0.1) is 11.5 Å². The molecule has 0 saturated carbocycles. The van der Waals surface area contributed by atoms with Gasteiger partial charge in [-0.1, -0.05) is 12.1 Å². The number of aromatic carboxylic acids is 1. The molecule has 0 unspecified atom stereocenters. The van der Waals surface area contributed by atoms with Gasteiger partial charge in [-0.15, -0.1) is 0 Å². The SMILES string of the molecule is O=C(O)c1cccc([N+](=O)[O-])c1OCCc1cccnc1. The summed E-state index contributed by atoms with van der Waals surface area (Å²) in [6, 6.07) is 7.41. The van der Waals surface area contributed by atoms with Gasteiger partial charge in [0, 0.05) is 24.9 Å². The highest BCUT2D eigenvalue weighted by atomic mass is 16.6. The second kappa shape index (κ2) is 6.47. The van der Waals surface area contributed by atoms with Crippen LogP contribution in [0.15, 0.2) is 42.7 Å². The minimum Gasteiger partial charge on any atom is -0.486 e. The molecule has 7 nitrogen and oxygen atoms in total. The topological polar surface area (TPSA) is 103 Å². The lowest BCUT2D eigenvalue weighted by molar-refractivity contribution is -0.385. The Morgan fingerprint density at radius 2 is 2.14 bits per heavy atom. The second-order valence-corrected chi connectivity index (χ2v) is 4.18. The summed E-state index contributed by atoms with van der Waals surface area (Å²) >= 11 is 0. The highest BCUT2D eigenvalue weighted by molar-refractivity contribution is 5.92. The molecule has 0 aliphatic rings. The summed E-state index contributed by atoms with van der Waals surface area (Å²) in [5.74, 6) is -1.49. The monoisotopic (exact) mass is 288 g/mol. The van der Waals surface area contributed by atoms with Gasteiger partial charge in [0.25, 0.3) is 0 Å². The van der Waals surface area contributed by atoms with Crippen LogP contribution >= 0.6 is 0 Å². The Kier molecular flexibility index (Phi) is 4.45. The molecule has 0 radical (unpaired) electrons. The molecule has 0 atom stereocenters. The number of nitrogens with zero attached hydrogens (tertiary/aromatic N) is 2. The van der Waals surface area contributed by atoms with Gasteiger partial charge in [-0.3, -0.25) is 15.1 Å². The van der Waals surface area contributed by atoms with E-state index in [2.05, 4.69) is 4.98 Å². The van der Waals surface area contributed by atoms with Crippen molar-refractivity contribution in [3.05, 3.63) is 64.0 Å². The maximum absolute atomic E-state index is 11.1. The van der Waals surface area contributed by atoms with Gasteiger partial charge in [0.1, 0.15) is 5.56 Å². The molecule has 7 heteroatoms. The highest BCUT2D eigenvalue weighted by Crippen LogP contribution is 2.31. The molecule has 0 aliphatic carbocycles. The van der Waals surface area contributed by atoms with Crippen molar-refractivity contribution in [2.45, 2.75) is 6.42 Å². The number of rotatable bonds is 6. The van der Waals surface area contributed by atoms with Crippen LogP contribution in [0.1, 0.15) is 15.9 Å². The third-order valence-electron chi connectivity index (χ3n) is 2.78. The van der Waals surface area contributed by atoms with Crippen molar-refractivity contribution < 1.29 is 19.6 Å². The summed E-state index contributed by atoms with van der Waals surface area (Å²) in [6.07, 6.45) is 3.76. The molecular weight excluding hydrogens is 276 g/mol. The van der Waals surface area contributed by atoms with Crippen molar-refractivity contribution in [2.24, 2.45) is 0 Å². The number of para-hydroxylation sites is 1. The zero-order chi connectivity index (χ0) is 15.2. The molecule has 0 spiro atoms. The maximum Gasteiger partial charge on any atom is 0.339 e. The van der Waals surface area contributed by atoms with Gasteiger partial charge in [-0.05, 0) is 17.7 Å². The lowest BCUT2D eigenvalue weighted by atomic mass is 10.1. The lowest BCUT2D eigenvalue weighted by Crippen LogP contribution is -2.08. The first-order chi connectivity index (χ1) is 10.1. The number of carboxylic acids is 1. The van der Waals surface area contributed by atoms with Gasteiger partial charge >= 0.3 is 11.7 Å². The van der Waals surface area contributed by atoms with E-state index < -0.39 is 10.9 Å². The number of pyridine rings is 1. The molecule has 1 N–H and O–H groups in total. The fourth-order valence-corrected chi connectivity index (χ4v) is 1.81. The molecule has 0 saturated heterocycles. The summed E-state index contributed by atoms with van der Waals surface area (Å²) in [6.45, 7) is 0.122. The van der Waals surface area contributed by atoms with Crippen LogP contribution in [-0.4, -0.2) is 27.6 Å². The Hall–Kier alpha value is -2.96. The number of hydrogen-bond acceptors (Lipinski definition) is 5. The molecule has 2 aromatic rings. The molecule has 1 heterocycles. The summed E-state index contributed by atoms with van der Waals surface area (Å²) in [4.78, 5) is 25.4. The number of ether oxygens (including phenoxy) is 1. The first kappa shape index (κ1) is 14.4. The van der Waals surface area contributed by atoms with E-state index in [1.54, 1.807) is 18.5 Å². The number of nitro benzene ring substituents is 1. The first-order valence-corrected chi connectivity index (χ1v) is 6.12. The predicted octanol–water partition coefficient (Wildman–Crippen LogP) is 2.31. The van der Waals surface area contributed by atoms with E-state index in [0.717, 1.165) is 5.56 Å². The van der Waals surface area contributed by atoms with Crippen molar-refractivity contribution in [1.29, 1.82) is 0 Å². The molecule has 1 aromatic heterocycles. The van der Waals surface area contributed by atoms with Gasteiger partial charge < -0.3 is 9.84 Å². The normalized spacial score (nSPS) is 10.1. The van der Waals surface area contributed by atoms with E-state index in [0.29, 0.717) is 6.42 Å². The van der Waals surface area contributed by atoms with Crippen LogP contribution in [-0.2, 0) is 6.42 Å². The zero-order valence-corrected chi connectivity index (χ0v) is 10.9. The minimum absolute atomic E-state index is 0.122. The molecular formula is C14H12N2O5. The average molecular weight is 288 g/mol. The lowest BCUT2D eigenvalue weighted by Gasteiger charge is -2.09. The van der Waals surface area contributed by atoms with Crippen molar-refractivity contribution in [3.63, 3.8) is 0 Å². The van der Waals surface area contributed by atoms with Crippen molar-refractivity contribution in [1.82, 2.24) is 4.98 Å². The van der Waals surface area contributed by atoms with E-state index in [9.17, 15) is 14.9 Å². The Balaban J connectivity index is 2.18. The fourth-order valence-electron chi connectivity index (χ4n) is 1.81. The Bertz CT molecular complexity index is 625. The fraction of sp³-hybridized carbons (Fsp3) is 0.143. The molecule has 21 heavy (non-hydrogen) atoms. The van der Waals surface area contributed by atoms with Crippen molar-refractivity contribution >= 4 is 11.7 Å². The van der Waals surface area contributed by atoms with Crippen LogP contribution in [0.2, 0.25) is 0 Å². The van der Waals surface area contributed by atoms with Crippen LogP contribution in [0.5, 0.6) is 5.75 Å². The smallest absolute Gasteiger partial charge is 0.339 e. The Labute approximate surface area is 120 Å². The highest BCUT2D eigenvalue weighted by Gasteiger charge is 2.22. The third kappa shape index (κ3) is 3.53. The molecule has 108 valence electrons. The number of benzene rings is 1. The molecule has 1 aromatic carbocycles. The van der Waals surface area contributed by atoms with Gasteiger partial charge in [-0.25, -0.2) is 4.79 Å². The molecule has 0 aliphatic heterocycles. The van der Waals surface area contributed by atoms with Gasteiger partial charge in [0.2, 0.25) is 5.75 Å². The van der Waals surface area contributed by atoms with Crippen LogP contribution in [0.25, 0.3) is 0 Å². The summed E-state index contributed by atoms with van der Waals surface area (Å²) in [5.41, 5.74) is 0.310. The molecule has 2 rings (SSSR count). The largest absolute Gasteiger partial charge is 0.486 e. The number of nitro groups is 1. The molecule has 0 bridgehead atoms. The minimum atomic E-state index is -1.27. The van der Waals surface area contributed by atoms with Gasteiger partial charge in [0.15, 0.2) is 0 Å². The Morgan fingerprint density at radius 3 is 2.76 bits per heavy atom. The Morgan fingerprint density at radius 1 is 1.33 bits per heavy atom. The summed E-state index contributed by atoms with van der Waals surface area (Å²) in [7, 11) is 0. The van der Waals surface area contributed by atoms with E-state index in [1.807, 2.05) is 6.07 Å².